The van der Waals surface area contributed by atoms with Crippen LogP contribution in [0.5, 0.6) is 17.2 Å². The zero-order valence-corrected chi connectivity index (χ0v) is 35.7. The molecule has 0 aliphatic carbocycles. The second kappa shape index (κ2) is 22.6. The van der Waals surface area contributed by atoms with Gasteiger partial charge in [0.2, 0.25) is 0 Å². The SMILES string of the molecule is CCCc1c(COc2c(CCC)c(C(=O)OC)cc(C(=O)OC)c2CCC)cc(COc2c(CCC)c(C(=O)OC)cc(C(=O)OC)c2CCC)c(CCC)c1O. The van der Waals surface area contributed by atoms with E-state index in [2.05, 4.69) is 0 Å². The van der Waals surface area contributed by atoms with Gasteiger partial charge in [0.1, 0.15) is 30.5 Å². The number of carbonyl (C=O) groups is 4. The molecule has 0 aromatic heterocycles. The fraction of sp³-hybridized carbons (Fsp3) is 0.522. The van der Waals surface area contributed by atoms with E-state index in [4.69, 9.17) is 28.4 Å². The number of aromatic hydroxyl groups is 1. The number of methoxy groups -OCH3 is 4. The molecule has 3 aromatic carbocycles. The van der Waals surface area contributed by atoms with Crippen molar-refractivity contribution in [2.45, 2.75) is 132 Å². The first-order valence-corrected chi connectivity index (χ1v) is 20.3. The lowest BCUT2D eigenvalue weighted by molar-refractivity contribution is 0.0578. The summed E-state index contributed by atoms with van der Waals surface area (Å²) in [6.07, 6.45) is 7.46. The molecule has 0 unspecified atom stereocenters. The third-order valence-corrected chi connectivity index (χ3v) is 10.0. The average molecular weight is 791 g/mol. The Balaban J connectivity index is 2.33. The summed E-state index contributed by atoms with van der Waals surface area (Å²) in [6.45, 7) is 12.1. The molecular weight excluding hydrogens is 728 g/mol. The van der Waals surface area contributed by atoms with Crippen molar-refractivity contribution >= 4 is 23.9 Å². The van der Waals surface area contributed by atoms with Crippen LogP contribution in [0.25, 0.3) is 0 Å². The number of phenols is 1. The number of carbonyl (C=O) groups excluding carboxylic acids is 4. The van der Waals surface area contributed by atoms with Crippen LogP contribution < -0.4 is 9.47 Å². The Hall–Kier alpha value is -5.06. The lowest BCUT2D eigenvalue weighted by Gasteiger charge is -2.24. The van der Waals surface area contributed by atoms with Crippen molar-refractivity contribution in [2.24, 2.45) is 0 Å². The van der Waals surface area contributed by atoms with Crippen LogP contribution in [0.15, 0.2) is 18.2 Å². The van der Waals surface area contributed by atoms with Gasteiger partial charge in [-0.3, -0.25) is 0 Å². The number of benzene rings is 3. The minimum atomic E-state index is -0.583. The summed E-state index contributed by atoms with van der Waals surface area (Å²) in [5.74, 6) is -1.30. The Morgan fingerprint density at radius 2 is 0.667 bits per heavy atom. The van der Waals surface area contributed by atoms with Crippen molar-refractivity contribution in [3.05, 3.63) is 85.0 Å². The number of hydrogen-bond acceptors (Lipinski definition) is 11. The minimum Gasteiger partial charge on any atom is -0.507 e. The van der Waals surface area contributed by atoms with E-state index >= 15 is 0 Å². The maximum Gasteiger partial charge on any atom is 0.338 e. The van der Waals surface area contributed by atoms with E-state index in [1.54, 1.807) is 12.1 Å². The Labute approximate surface area is 338 Å². The molecular formula is C46H62O11. The first kappa shape index (κ1) is 46.3. The summed E-state index contributed by atoms with van der Waals surface area (Å²) in [5.41, 5.74) is 6.48. The summed E-state index contributed by atoms with van der Waals surface area (Å²) in [6, 6.07) is 5.08. The van der Waals surface area contributed by atoms with Crippen LogP contribution in [0, 0.1) is 0 Å². The highest BCUT2D eigenvalue weighted by molar-refractivity contribution is 6.00. The van der Waals surface area contributed by atoms with E-state index in [9.17, 15) is 24.3 Å². The number of esters is 4. The highest BCUT2D eigenvalue weighted by Crippen LogP contribution is 2.39. The van der Waals surface area contributed by atoms with Gasteiger partial charge in [0.15, 0.2) is 0 Å². The van der Waals surface area contributed by atoms with Gasteiger partial charge in [0.25, 0.3) is 0 Å². The molecule has 0 spiro atoms. The highest BCUT2D eigenvalue weighted by Gasteiger charge is 2.29. The first-order valence-electron chi connectivity index (χ1n) is 20.3. The van der Waals surface area contributed by atoms with Crippen LogP contribution in [0.4, 0.5) is 0 Å². The van der Waals surface area contributed by atoms with E-state index in [1.807, 2.05) is 47.6 Å². The molecule has 0 amide bonds. The summed E-state index contributed by atoms with van der Waals surface area (Å²) in [4.78, 5) is 52.5. The molecule has 0 fully saturated rings. The van der Waals surface area contributed by atoms with E-state index < -0.39 is 23.9 Å². The van der Waals surface area contributed by atoms with Gasteiger partial charge in [-0.25, -0.2) is 19.2 Å². The predicted molar refractivity (Wildman–Crippen MR) is 219 cm³/mol. The Kier molecular flexibility index (Phi) is 18.4. The van der Waals surface area contributed by atoms with Crippen molar-refractivity contribution in [3.8, 4) is 17.2 Å². The first-order chi connectivity index (χ1) is 27.5. The van der Waals surface area contributed by atoms with Crippen molar-refractivity contribution in [1.29, 1.82) is 0 Å². The van der Waals surface area contributed by atoms with Gasteiger partial charge in [-0.1, -0.05) is 80.1 Å². The topological polar surface area (TPSA) is 144 Å². The Morgan fingerprint density at radius 3 is 0.895 bits per heavy atom. The lowest BCUT2D eigenvalue weighted by atomic mass is 9.90. The van der Waals surface area contributed by atoms with Crippen LogP contribution in [0.3, 0.4) is 0 Å². The molecule has 11 nitrogen and oxygen atoms in total. The molecule has 1 N–H and O–H groups in total. The average Bonchev–Trinajstić information content (AvgIpc) is 3.21. The fourth-order valence-electron chi connectivity index (χ4n) is 7.49. The van der Waals surface area contributed by atoms with Crippen molar-refractivity contribution in [2.75, 3.05) is 28.4 Å². The zero-order chi connectivity index (χ0) is 42.2. The molecule has 312 valence electrons. The molecule has 0 saturated carbocycles. The smallest absolute Gasteiger partial charge is 0.338 e. The van der Waals surface area contributed by atoms with Gasteiger partial charge in [-0.15, -0.1) is 0 Å². The maximum absolute atomic E-state index is 13.1. The summed E-state index contributed by atoms with van der Waals surface area (Å²) < 4.78 is 34.0. The predicted octanol–water partition coefficient (Wildman–Crippen LogP) is 9.41. The van der Waals surface area contributed by atoms with E-state index in [1.165, 1.54) is 28.4 Å². The molecule has 0 bridgehead atoms. The zero-order valence-electron chi connectivity index (χ0n) is 35.7. The summed E-state index contributed by atoms with van der Waals surface area (Å²) >= 11 is 0. The third-order valence-electron chi connectivity index (χ3n) is 10.0. The number of rotatable bonds is 22. The van der Waals surface area contributed by atoms with Crippen molar-refractivity contribution < 1.29 is 52.7 Å². The standard InChI is InChI=1S/C46H62O11/c1-11-17-30-28(26-56-41-32(19-13-3)36(43(48)52-7)24-37(44(49)53-8)33(41)20-14-4)23-29(31(18-12-2)40(30)47)27-57-42-34(21-15-5)38(45(50)54-9)25-39(46(51)55-10)35(42)22-16-6/h23-25,47H,11-22,26-27H2,1-10H3. The number of ether oxygens (including phenoxy) is 6. The summed E-state index contributed by atoms with van der Waals surface area (Å²) in [7, 11) is 5.21. The van der Waals surface area contributed by atoms with Crippen LogP contribution in [-0.2, 0) is 70.7 Å². The van der Waals surface area contributed by atoms with Crippen LogP contribution in [-0.4, -0.2) is 57.4 Å². The van der Waals surface area contributed by atoms with Crippen LogP contribution in [0.1, 0.15) is 166 Å². The molecule has 0 aliphatic heterocycles. The normalized spacial score (nSPS) is 10.9. The second-order valence-corrected chi connectivity index (χ2v) is 14.1. The van der Waals surface area contributed by atoms with Gasteiger partial charge in [-0.05, 0) is 67.9 Å². The molecule has 57 heavy (non-hydrogen) atoms. The van der Waals surface area contributed by atoms with Crippen molar-refractivity contribution in [1.82, 2.24) is 0 Å². The molecule has 0 heterocycles. The van der Waals surface area contributed by atoms with Crippen LogP contribution >= 0.6 is 0 Å². The monoisotopic (exact) mass is 790 g/mol. The number of phenolic OH excluding ortho intramolecular Hbond substituents is 1. The molecule has 0 radical (unpaired) electrons. The van der Waals surface area contributed by atoms with E-state index in [-0.39, 0.29) is 41.2 Å². The maximum atomic E-state index is 13.1. The number of hydrogen-bond donors (Lipinski definition) is 1. The van der Waals surface area contributed by atoms with Gasteiger partial charge in [0.05, 0.1) is 50.7 Å². The fourth-order valence-corrected chi connectivity index (χ4v) is 7.49. The largest absolute Gasteiger partial charge is 0.507 e. The van der Waals surface area contributed by atoms with Crippen molar-refractivity contribution in [3.63, 3.8) is 0 Å². The second-order valence-electron chi connectivity index (χ2n) is 14.1. The molecule has 3 rings (SSSR count). The molecule has 0 atom stereocenters. The quantitative estimate of drug-likeness (QED) is 0.0768. The molecule has 0 saturated heterocycles. The lowest BCUT2D eigenvalue weighted by Crippen LogP contribution is -2.17. The van der Waals surface area contributed by atoms with Gasteiger partial charge in [0, 0.05) is 33.4 Å². The molecule has 0 aliphatic rings. The Morgan fingerprint density at radius 1 is 0.421 bits per heavy atom. The Bertz CT molecular complexity index is 1670. The van der Waals surface area contributed by atoms with Crippen LogP contribution in [0.2, 0.25) is 0 Å². The molecule has 11 heteroatoms. The van der Waals surface area contributed by atoms with E-state index in [0.717, 1.165) is 35.1 Å². The van der Waals surface area contributed by atoms with Gasteiger partial charge >= 0.3 is 23.9 Å². The minimum absolute atomic E-state index is 0.0213. The van der Waals surface area contributed by atoms with Gasteiger partial charge < -0.3 is 33.5 Å². The third kappa shape index (κ3) is 10.7. The summed E-state index contributed by atoms with van der Waals surface area (Å²) in [5, 5.41) is 12.0. The van der Waals surface area contributed by atoms with E-state index in [0.29, 0.717) is 98.0 Å². The molecule has 3 aromatic rings. The van der Waals surface area contributed by atoms with Gasteiger partial charge in [-0.2, -0.15) is 0 Å². The highest BCUT2D eigenvalue weighted by atomic mass is 16.5.